The highest BCUT2D eigenvalue weighted by atomic mass is 35.5. The Bertz CT molecular complexity index is 1040. The van der Waals surface area contributed by atoms with Crippen LogP contribution >= 0.6 is 11.6 Å². The van der Waals surface area contributed by atoms with E-state index in [0.717, 1.165) is 49.4 Å². The molecule has 0 N–H and O–H groups in total. The highest BCUT2D eigenvalue weighted by Crippen LogP contribution is 2.64. The van der Waals surface area contributed by atoms with Crippen LogP contribution in [-0.4, -0.2) is 40.6 Å². The molecule has 1 aliphatic carbocycles. The zero-order valence-corrected chi connectivity index (χ0v) is 18.3. The van der Waals surface area contributed by atoms with E-state index in [1.165, 1.54) is 19.3 Å². The fraction of sp³-hybridized carbons (Fsp3) is 0.619. The Hall–Kier alpha value is -1.44. The van der Waals surface area contributed by atoms with Crippen molar-refractivity contribution in [2.75, 3.05) is 13.1 Å². The number of fused-ring (bicyclic) bond motifs is 1. The van der Waals surface area contributed by atoms with Crippen LogP contribution in [-0.2, 0) is 23.0 Å². The average molecular weight is 435 g/mol. The number of nitrogens with zero attached hydrogens (tertiary/aromatic N) is 4. The quantitative estimate of drug-likeness (QED) is 0.734. The molecule has 0 radical (unpaired) electrons. The summed E-state index contributed by atoms with van der Waals surface area (Å²) in [6.07, 6.45) is 7.56. The summed E-state index contributed by atoms with van der Waals surface area (Å²) in [5.41, 5.74) is 1.09. The predicted octanol–water partition coefficient (Wildman–Crippen LogP) is 3.92. The standard InChI is InChI=1S/C21H27ClN4O2S/c1-15-6-7-16(13-18(15)22)29(27,28)25-11-8-21(9-12-25)14-17(21)20-24-23-19-5-3-2-4-10-26(19)20/h6-7,13,17H,2-5,8-12,14H2,1H3/t17-/m0/s1. The Balaban J connectivity index is 1.30. The monoisotopic (exact) mass is 434 g/mol. The van der Waals surface area contributed by atoms with Gasteiger partial charge < -0.3 is 4.57 Å². The third-order valence-corrected chi connectivity index (χ3v) is 9.44. The molecular weight excluding hydrogens is 408 g/mol. The van der Waals surface area contributed by atoms with Gasteiger partial charge in [-0.2, -0.15) is 4.31 Å². The summed E-state index contributed by atoms with van der Waals surface area (Å²) in [6.45, 7) is 4.03. The van der Waals surface area contributed by atoms with Crippen LogP contribution in [0.2, 0.25) is 5.02 Å². The molecule has 1 aromatic carbocycles. The minimum absolute atomic E-state index is 0.201. The van der Waals surface area contributed by atoms with Gasteiger partial charge in [-0.15, -0.1) is 10.2 Å². The summed E-state index contributed by atoms with van der Waals surface area (Å²) in [7, 11) is -3.50. The first-order chi connectivity index (χ1) is 13.9. The SMILES string of the molecule is Cc1ccc(S(=O)(=O)N2CCC3(CC2)C[C@H]3c2nnc3n2CCCCC3)cc1Cl. The Morgan fingerprint density at radius 1 is 1.10 bits per heavy atom. The van der Waals surface area contributed by atoms with Crippen molar-refractivity contribution in [2.24, 2.45) is 5.41 Å². The van der Waals surface area contributed by atoms with Gasteiger partial charge in [-0.25, -0.2) is 8.42 Å². The molecule has 0 amide bonds. The van der Waals surface area contributed by atoms with Gasteiger partial charge in [0.15, 0.2) is 0 Å². The molecule has 1 saturated carbocycles. The first-order valence-corrected chi connectivity index (χ1v) is 12.4. The second-order valence-electron chi connectivity index (χ2n) is 8.87. The van der Waals surface area contributed by atoms with Crippen molar-refractivity contribution in [3.05, 3.63) is 40.4 Å². The lowest BCUT2D eigenvalue weighted by Crippen LogP contribution is -2.39. The van der Waals surface area contributed by atoms with E-state index in [-0.39, 0.29) is 5.41 Å². The highest BCUT2D eigenvalue weighted by Gasteiger charge is 2.58. The van der Waals surface area contributed by atoms with Gasteiger partial charge in [0, 0.05) is 37.0 Å². The van der Waals surface area contributed by atoms with Crippen molar-refractivity contribution in [1.82, 2.24) is 19.1 Å². The third-order valence-electron chi connectivity index (χ3n) is 7.14. The number of halogens is 1. The molecule has 1 saturated heterocycles. The molecule has 0 unspecified atom stereocenters. The van der Waals surface area contributed by atoms with E-state index in [9.17, 15) is 8.42 Å². The Morgan fingerprint density at radius 2 is 1.90 bits per heavy atom. The number of aromatic nitrogens is 3. The van der Waals surface area contributed by atoms with E-state index in [0.29, 0.717) is 28.9 Å². The van der Waals surface area contributed by atoms with Gasteiger partial charge in [0.2, 0.25) is 10.0 Å². The Kier molecular flexibility index (Phi) is 4.76. The summed E-state index contributed by atoms with van der Waals surface area (Å²) < 4.78 is 30.1. The zero-order valence-electron chi connectivity index (χ0n) is 16.8. The van der Waals surface area contributed by atoms with E-state index >= 15 is 0 Å². The third kappa shape index (κ3) is 3.31. The van der Waals surface area contributed by atoms with Crippen LogP contribution in [0.4, 0.5) is 0 Å². The molecule has 0 bridgehead atoms. The smallest absolute Gasteiger partial charge is 0.243 e. The predicted molar refractivity (Wildman–Crippen MR) is 112 cm³/mol. The molecule has 3 aliphatic rings. The minimum atomic E-state index is -3.50. The van der Waals surface area contributed by atoms with Crippen molar-refractivity contribution in [1.29, 1.82) is 0 Å². The van der Waals surface area contributed by atoms with Crippen molar-refractivity contribution in [2.45, 2.75) is 69.2 Å². The molecule has 8 heteroatoms. The number of piperidine rings is 1. The first kappa shape index (κ1) is 19.5. The van der Waals surface area contributed by atoms with Gasteiger partial charge in [-0.1, -0.05) is 24.1 Å². The summed E-state index contributed by atoms with van der Waals surface area (Å²) in [4.78, 5) is 0.291. The molecule has 2 fully saturated rings. The molecule has 1 spiro atoms. The van der Waals surface area contributed by atoms with Crippen LogP contribution in [0.1, 0.15) is 61.7 Å². The fourth-order valence-corrected chi connectivity index (χ4v) is 6.80. The van der Waals surface area contributed by atoms with E-state index in [1.807, 2.05) is 6.92 Å². The number of sulfonamides is 1. The number of hydrogen-bond acceptors (Lipinski definition) is 4. The number of benzene rings is 1. The van der Waals surface area contributed by atoms with Crippen LogP contribution in [0.25, 0.3) is 0 Å². The van der Waals surface area contributed by atoms with E-state index in [4.69, 9.17) is 11.6 Å². The molecule has 2 aliphatic heterocycles. The molecule has 3 heterocycles. The second kappa shape index (κ2) is 7.06. The molecule has 1 atom stereocenters. The van der Waals surface area contributed by atoms with Crippen molar-refractivity contribution in [3.63, 3.8) is 0 Å². The first-order valence-electron chi connectivity index (χ1n) is 10.6. The van der Waals surface area contributed by atoms with Gasteiger partial charge in [0.05, 0.1) is 4.90 Å². The Morgan fingerprint density at radius 3 is 2.66 bits per heavy atom. The van der Waals surface area contributed by atoms with Crippen molar-refractivity contribution in [3.8, 4) is 0 Å². The maximum Gasteiger partial charge on any atom is 0.243 e. The lowest BCUT2D eigenvalue weighted by atomic mass is 9.91. The van der Waals surface area contributed by atoms with Crippen LogP contribution < -0.4 is 0 Å². The van der Waals surface area contributed by atoms with Crippen LogP contribution in [0, 0.1) is 12.3 Å². The largest absolute Gasteiger partial charge is 0.315 e. The molecule has 6 nitrogen and oxygen atoms in total. The van der Waals surface area contributed by atoms with Gasteiger partial charge in [-0.05, 0) is 62.1 Å². The van der Waals surface area contributed by atoms with Crippen LogP contribution in [0.15, 0.2) is 23.1 Å². The second-order valence-corrected chi connectivity index (χ2v) is 11.2. The van der Waals surface area contributed by atoms with Crippen LogP contribution in [0.3, 0.4) is 0 Å². The summed E-state index contributed by atoms with van der Waals surface area (Å²) >= 11 is 6.16. The molecule has 156 valence electrons. The lowest BCUT2D eigenvalue weighted by Gasteiger charge is -2.32. The molecular formula is C21H27ClN4O2S. The topological polar surface area (TPSA) is 68.1 Å². The van der Waals surface area contributed by atoms with Crippen molar-refractivity contribution < 1.29 is 8.42 Å². The van der Waals surface area contributed by atoms with Crippen LogP contribution in [0.5, 0.6) is 0 Å². The fourth-order valence-electron chi connectivity index (χ4n) is 5.09. The highest BCUT2D eigenvalue weighted by molar-refractivity contribution is 7.89. The normalized spacial score (nSPS) is 24.3. The minimum Gasteiger partial charge on any atom is -0.315 e. The number of aryl methyl sites for hydroxylation is 2. The Labute approximate surface area is 177 Å². The maximum absolute atomic E-state index is 13.1. The van der Waals surface area contributed by atoms with E-state index in [1.54, 1.807) is 22.5 Å². The summed E-state index contributed by atoms with van der Waals surface area (Å²) in [6, 6.07) is 5.00. The average Bonchev–Trinajstić information content (AvgIpc) is 3.33. The van der Waals surface area contributed by atoms with Crippen molar-refractivity contribution >= 4 is 21.6 Å². The van der Waals surface area contributed by atoms with Gasteiger partial charge in [0.25, 0.3) is 0 Å². The zero-order chi connectivity index (χ0) is 20.2. The lowest BCUT2D eigenvalue weighted by molar-refractivity contribution is 0.249. The summed E-state index contributed by atoms with van der Waals surface area (Å²) in [5.74, 6) is 2.71. The molecule has 29 heavy (non-hydrogen) atoms. The van der Waals surface area contributed by atoms with Gasteiger partial charge >= 0.3 is 0 Å². The number of hydrogen-bond donors (Lipinski definition) is 0. The van der Waals surface area contributed by atoms with Gasteiger partial charge in [-0.3, -0.25) is 0 Å². The molecule has 2 aromatic rings. The summed E-state index contributed by atoms with van der Waals surface area (Å²) in [5, 5.41) is 9.50. The maximum atomic E-state index is 13.1. The molecule has 5 rings (SSSR count). The van der Waals surface area contributed by atoms with E-state index < -0.39 is 10.0 Å². The number of rotatable bonds is 3. The van der Waals surface area contributed by atoms with Gasteiger partial charge in [0.1, 0.15) is 11.6 Å². The van der Waals surface area contributed by atoms with E-state index in [2.05, 4.69) is 14.8 Å². The molecule has 1 aromatic heterocycles.